The molecule has 0 fully saturated rings. The molecule has 0 spiro atoms. The number of anilines is 1. The zero-order valence-electron chi connectivity index (χ0n) is 8.95. The van der Waals surface area contributed by atoms with Gasteiger partial charge in [-0.2, -0.15) is 5.26 Å². The van der Waals surface area contributed by atoms with Gasteiger partial charge in [-0.05, 0) is 62.2 Å². The summed E-state index contributed by atoms with van der Waals surface area (Å²) in [5.41, 5.74) is 0.867. The minimum atomic E-state index is -0.376. The zero-order valence-corrected chi connectivity index (χ0v) is 13.7. The van der Waals surface area contributed by atoms with Crippen molar-refractivity contribution in [1.82, 2.24) is 0 Å². The number of halogens is 3. The van der Waals surface area contributed by atoms with E-state index in [2.05, 4.69) is 43.2 Å². The summed E-state index contributed by atoms with van der Waals surface area (Å²) in [5, 5.41) is 13.1. The fourth-order valence-corrected chi connectivity index (χ4v) is 3.60. The van der Waals surface area contributed by atoms with Gasteiger partial charge in [0.1, 0.15) is 6.04 Å². The topological polar surface area (TPSA) is 35.8 Å². The van der Waals surface area contributed by atoms with E-state index in [9.17, 15) is 5.26 Å². The van der Waals surface area contributed by atoms with Crippen LogP contribution in [-0.4, -0.2) is 0 Å². The second kappa shape index (κ2) is 6.07. The first-order valence-electron chi connectivity index (χ1n) is 4.96. The first-order chi connectivity index (χ1) is 8.60. The summed E-state index contributed by atoms with van der Waals surface area (Å²) in [5.74, 6) is 0. The standard InChI is InChI=1S/C12H7Br2ClN2S/c13-9-5-11(18-12(9)14)10(6-16)17-8-3-1-7(15)2-4-8/h1-5,10,17H. The van der Waals surface area contributed by atoms with Crippen LogP contribution in [0, 0.1) is 11.3 Å². The normalized spacial score (nSPS) is 11.9. The molecule has 0 amide bonds. The van der Waals surface area contributed by atoms with E-state index >= 15 is 0 Å². The molecule has 0 aliphatic carbocycles. The molecule has 0 saturated heterocycles. The van der Waals surface area contributed by atoms with Gasteiger partial charge in [-0.3, -0.25) is 0 Å². The van der Waals surface area contributed by atoms with E-state index < -0.39 is 0 Å². The Labute approximate surface area is 131 Å². The van der Waals surface area contributed by atoms with Crippen LogP contribution in [0.1, 0.15) is 10.9 Å². The van der Waals surface area contributed by atoms with Gasteiger partial charge in [0.05, 0.1) is 9.86 Å². The summed E-state index contributed by atoms with van der Waals surface area (Å²) in [7, 11) is 0. The summed E-state index contributed by atoms with van der Waals surface area (Å²) in [4.78, 5) is 0.950. The molecule has 1 heterocycles. The first kappa shape index (κ1) is 13.9. The van der Waals surface area contributed by atoms with E-state index in [1.54, 1.807) is 12.1 Å². The van der Waals surface area contributed by atoms with E-state index in [-0.39, 0.29) is 6.04 Å². The van der Waals surface area contributed by atoms with Crippen molar-refractivity contribution in [1.29, 1.82) is 5.26 Å². The lowest BCUT2D eigenvalue weighted by Gasteiger charge is -2.11. The third kappa shape index (κ3) is 3.27. The minimum absolute atomic E-state index is 0.376. The molecule has 0 saturated carbocycles. The number of thiophene rings is 1. The van der Waals surface area contributed by atoms with Crippen molar-refractivity contribution < 1.29 is 0 Å². The molecule has 18 heavy (non-hydrogen) atoms. The molecule has 1 atom stereocenters. The summed E-state index contributed by atoms with van der Waals surface area (Å²) in [6.07, 6.45) is 0. The minimum Gasteiger partial charge on any atom is -0.366 e. The van der Waals surface area contributed by atoms with Crippen LogP contribution in [0.25, 0.3) is 0 Å². The average molecular weight is 407 g/mol. The monoisotopic (exact) mass is 404 g/mol. The number of nitrogens with one attached hydrogen (secondary N) is 1. The van der Waals surface area contributed by atoms with Crippen LogP contribution in [0.5, 0.6) is 0 Å². The van der Waals surface area contributed by atoms with Crippen LogP contribution in [0.2, 0.25) is 5.02 Å². The van der Waals surface area contributed by atoms with Gasteiger partial charge in [0.25, 0.3) is 0 Å². The van der Waals surface area contributed by atoms with Crippen LogP contribution in [0.4, 0.5) is 5.69 Å². The lowest BCUT2D eigenvalue weighted by Crippen LogP contribution is -2.06. The first-order valence-corrected chi connectivity index (χ1v) is 7.74. The third-order valence-electron chi connectivity index (χ3n) is 2.23. The van der Waals surface area contributed by atoms with Crippen molar-refractivity contribution in [2.75, 3.05) is 5.32 Å². The van der Waals surface area contributed by atoms with Crippen LogP contribution in [0.15, 0.2) is 38.6 Å². The van der Waals surface area contributed by atoms with E-state index in [1.165, 1.54) is 11.3 Å². The molecule has 2 aromatic rings. The second-order valence-corrected chi connectivity index (χ2v) is 7.18. The highest BCUT2D eigenvalue weighted by Gasteiger charge is 2.15. The predicted molar refractivity (Wildman–Crippen MR) is 83.1 cm³/mol. The number of hydrogen-bond acceptors (Lipinski definition) is 3. The molecule has 2 nitrogen and oxygen atoms in total. The van der Waals surface area contributed by atoms with Crippen LogP contribution < -0.4 is 5.32 Å². The fourth-order valence-electron chi connectivity index (χ4n) is 1.39. The van der Waals surface area contributed by atoms with Gasteiger partial charge in [0.15, 0.2) is 0 Å². The van der Waals surface area contributed by atoms with Crippen molar-refractivity contribution in [3.05, 3.63) is 48.5 Å². The SMILES string of the molecule is N#CC(Nc1ccc(Cl)cc1)c1cc(Br)c(Br)s1. The quantitative estimate of drug-likeness (QED) is 0.720. The van der Waals surface area contributed by atoms with Crippen LogP contribution >= 0.6 is 54.8 Å². The molecule has 2 rings (SSSR count). The molecular formula is C12H7Br2ClN2S. The number of hydrogen-bond donors (Lipinski definition) is 1. The summed E-state index contributed by atoms with van der Waals surface area (Å²) < 4.78 is 1.94. The van der Waals surface area contributed by atoms with Gasteiger partial charge in [0.2, 0.25) is 0 Å². The Kier molecular flexibility index (Phi) is 4.68. The van der Waals surface area contributed by atoms with Gasteiger partial charge in [-0.15, -0.1) is 11.3 Å². The highest BCUT2D eigenvalue weighted by Crippen LogP contribution is 2.36. The van der Waals surface area contributed by atoms with Gasteiger partial charge in [-0.1, -0.05) is 11.6 Å². The number of nitriles is 1. The summed E-state index contributed by atoms with van der Waals surface area (Å²) in [6.45, 7) is 0. The molecule has 1 unspecified atom stereocenters. The molecule has 92 valence electrons. The number of rotatable bonds is 3. The van der Waals surface area contributed by atoms with Crippen molar-refractivity contribution in [2.45, 2.75) is 6.04 Å². The summed E-state index contributed by atoms with van der Waals surface area (Å²) in [6, 6.07) is 11.1. The summed E-state index contributed by atoms with van der Waals surface area (Å²) >= 11 is 14.2. The largest absolute Gasteiger partial charge is 0.366 e. The molecule has 1 N–H and O–H groups in total. The lowest BCUT2D eigenvalue weighted by atomic mass is 10.2. The maximum absolute atomic E-state index is 9.23. The van der Waals surface area contributed by atoms with Crippen molar-refractivity contribution in [3.8, 4) is 6.07 Å². The Morgan fingerprint density at radius 1 is 1.28 bits per heavy atom. The van der Waals surface area contributed by atoms with E-state index in [0.717, 1.165) is 18.8 Å². The number of benzene rings is 1. The van der Waals surface area contributed by atoms with Crippen molar-refractivity contribution in [3.63, 3.8) is 0 Å². The second-order valence-electron chi connectivity index (χ2n) is 3.48. The molecular weight excluding hydrogens is 399 g/mol. The van der Waals surface area contributed by atoms with E-state index in [0.29, 0.717) is 5.02 Å². The maximum atomic E-state index is 9.23. The van der Waals surface area contributed by atoms with Crippen LogP contribution in [-0.2, 0) is 0 Å². The third-order valence-corrected chi connectivity index (χ3v) is 5.81. The Hall–Kier alpha value is -0.540. The highest BCUT2D eigenvalue weighted by molar-refractivity contribution is 9.13. The molecule has 0 aliphatic rings. The van der Waals surface area contributed by atoms with Gasteiger partial charge >= 0.3 is 0 Å². The molecule has 0 bridgehead atoms. The lowest BCUT2D eigenvalue weighted by molar-refractivity contribution is 1.03. The fraction of sp³-hybridized carbons (Fsp3) is 0.0833. The van der Waals surface area contributed by atoms with E-state index in [4.69, 9.17) is 11.6 Å². The highest BCUT2D eigenvalue weighted by atomic mass is 79.9. The Balaban J connectivity index is 2.20. The van der Waals surface area contributed by atoms with Gasteiger partial charge in [0, 0.05) is 20.1 Å². The Morgan fingerprint density at radius 3 is 2.44 bits per heavy atom. The average Bonchev–Trinajstić information content (AvgIpc) is 2.69. The molecule has 1 aromatic carbocycles. The maximum Gasteiger partial charge on any atom is 0.149 e. The van der Waals surface area contributed by atoms with E-state index in [1.807, 2.05) is 18.2 Å². The molecule has 0 aliphatic heterocycles. The Morgan fingerprint density at radius 2 is 1.94 bits per heavy atom. The zero-order chi connectivity index (χ0) is 13.1. The van der Waals surface area contributed by atoms with Gasteiger partial charge < -0.3 is 5.32 Å². The molecule has 1 aromatic heterocycles. The Bertz CT molecular complexity index is 570. The predicted octanol–water partition coefficient (Wildman–Crippen LogP) is 5.60. The molecule has 0 radical (unpaired) electrons. The molecule has 6 heteroatoms. The van der Waals surface area contributed by atoms with Gasteiger partial charge in [-0.25, -0.2) is 0 Å². The van der Waals surface area contributed by atoms with Crippen molar-refractivity contribution >= 4 is 60.5 Å². The number of nitrogens with zero attached hydrogens (tertiary/aromatic N) is 1. The smallest absolute Gasteiger partial charge is 0.149 e. The van der Waals surface area contributed by atoms with Crippen LogP contribution in [0.3, 0.4) is 0 Å². The van der Waals surface area contributed by atoms with Crippen molar-refractivity contribution in [2.24, 2.45) is 0 Å².